The maximum absolute atomic E-state index is 10.1. The number of aromatic nitrogens is 3. The van der Waals surface area contributed by atoms with Crippen LogP contribution < -0.4 is 0 Å². The van der Waals surface area contributed by atoms with Crippen molar-refractivity contribution in [3.63, 3.8) is 0 Å². The zero-order chi connectivity index (χ0) is 17.4. The molecule has 0 aliphatic rings. The highest BCUT2D eigenvalue weighted by molar-refractivity contribution is 6.31. The van der Waals surface area contributed by atoms with Crippen molar-refractivity contribution in [1.82, 2.24) is 14.8 Å². The van der Waals surface area contributed by atoms with E-state index in [0.717, 1.165) is 27.4 Å². The summed E-state index contributed by atoms with van der Waals surface area (Å²) >= 11 is 6.04. The molecule has 0 amide bonds. The smallest absolute Gasteiger partial charge is 0.200 e. The van der Waals surface area contributed by atoms with E-state index in [1.54, 1.807) is 6.20 Å². The molecule has 0 fully saturated rings. The third-order valence-corrected chi connectivity index (χ3v) is 4.40. The Morgan fingerprint density at radius 1 is 1.20 bits per heavy atom. The van der Waals surface area contributed by atoms with Crippen molar-refractivity contribution in [1.29, 1.82) is 0 Å². The van der Waals surface area contributed by atoms with Crippen LogP contribution in [-0.4, -0.2) is 27.0 Å². The van der Waals surface area contributed by atoms with E-state index in [4.69, 9.17) is 16.3 Å². The summed E-state index contributed by atoms with van der Waals surface area (Å²) in [5, 5.41) is 17.1. The Kier molecular flexibility index (Phi) is 4.13. The summed E-state index contributed by atoms with van der Waals surface area (Å²) in [5.41, 5.74) is 3.43. The van der Waals surface area contributed by atoms with Gasteiger partial charge in [-0.15, -0.1) is 0 Å². The predicted octanol–water partition coefficient (Wildman–Crippen LogP) is 3.92. The average Bonchev–Trinajstić information content (AvgIpc) is 2.99. The Morgan fingerprint density at radius 3 is 2.88 bits per heavy atom. The Balaban J connectivity index is 1.78. The molecule has 126 valence electrons. The molecule has 2 aromatic heterocycles. The molecule has 5 nitrogen and oxygen atoms in total. The fourth-order valence-corrected chi connectivity index (χ4v) is 3.16. The summed E-state index contributed by atoms with van der Waals surface area (Å²) in [4.78, 5) is 4.31. The van der Waals surface area contributed by atoms with Crippen LogP contribution in [0.2, 0.25) is 5.02 Å². The summed E-state index contributed by atoms with van der Waals surface area (Å²) in [6, 6.07) is 15.7. The number of fused-ring (bicyclic) bond motifs is 2. The summed E-state index contributed by atoms with van der Waals surface area (Å²) in [5.74, 6) is 0. The van der Waals surface area contributed by atoms with Gasteiger partial charge in [-0.2, -0.15) is 5.10 Å². The van der Waals surface area contributed by atoms with Crippen LogP contribution in [0, 0.1) is 0 Å². The lowest BCUT2D eigenvalue weighted by atomic mass is 10.1. The SMILES string of the molecule is COC(O)c1nn(Cc2ccc3ncc(Cl)cc3c2)c2ccccc12. The van der Waals surface area contributed by atoms with Gasteiger partial charge in [0.1, 0.15) is 5.69 Å². The van der Waals surface area contributed by atoms with E-state index in [2.05, 4.69) is 16.1 Å². The molecule has 4 aromatic rings. The number of halogens is 1. The van der Waals surface area contributed by atoms with Gasteiger partial charge < -0.3 is 9.84 Å². The zero-order valence-corrected chi connectivity index (χ0v) is 14.3. The van der Waals surface area contributed by atoms with E-state index in [-0.39, 0.29) is 0 Å². The van der Waals surface area contributed by atoms with E-state index < -0.39 is 6.29 Å². The van der Waals surface area contributed by atoms with Crippen LogP contribution in [-0.2, 0) is 11.3 Å². The van der Waals surface area contributed by atoms with Crippen molar-refractivity contribution in [2.45, 2.75) is 12.8 Å². The fourth-order valence-electron chi connectivity index (χ4n) is 2.99. The average molecular weight is 354 g/mol. The van der Waals surface area contributed by atoms with Crippen LogP contribution in [0.3, 0.4) is 0 Å². The molecular formula is C19H16ClN3O2. The van der Waals surface area contributed by atoms with Gasteiger partial charge in [-0.05, 0) is 29.8 Å². The lowest BCUT2D eigenvalue weighted by molar-refractivity contribution is -0.0792. The minimum atomic E-state index is -1.05. The molecule has 0 spiro atoms. The van der Waals surface area contributed by atoms with Gasteiger partial charge in [-0.1, -0.05) is 35.9 Å². The van der Waals surface area contributed by atoms with Gasteiger partial charge in [0.15, 0.2) is 0 Å². The molecule has 4 rings (SSSR count). The Bertz CT molecular complexity index is 1060. The lowest BCUT2D eigenvalue weighted by Gasteiger charge is -2.06. The number of aliphatic hydroxyl groups excluding tert-OH is 1. The number of ether oxygens (including phenoxy) is 1. The first-order valence-corrected chi connectivity index (χ1v) is 8.24. The maximum atomic E-state index is 10.1. The number of rotatable bonds is 4. The number of hydrogen-bond acceptors (Lipinski definition) is 4. The molecule has 0 aliphatic heterocycles. The third kappa shape index (κ3) is 2.98. The summed E-state index contributed by atoms with van der Waals surface area (Å²) in [6.45, 7) is 0.569. The molecule has 6 heteroatoms. The quantitative estimate of drug-likeness (QED) is 0.565. The number of pyridine rings is 1. The normalized spacial score (nSPS) is 12.8. The van der Waals surface area contributed by atoms with Crippen molar-refractivity contribution in [2.75, 3.05) is 7.11 Å². The molecule has 2 heterocycles. The van der Waals surface area contributed by atoms with Crippen molar-refractivity contribution in [2.24, 2.45) is 0 Å². The number of benzene rings is 2. The molecule has 0 bridgehead atoms. The number of para-hydroxylation sites is 1. The van der Waals surface area contributed by atoms with Crippen LogP contribution in [0.25, 0.3) is 21.8 Å². The largest absolute Gasteiger partial charge is 0.363 e. The Hall–Kier alpha value is -2.47. The number of methoxy groups -OCH3 is 1. The van der Waals surface area contributed by atoms with Gasteiger partial charge in [0.25, 0.3) is 0 Å². The molecule has 1 N–H and O–H groups in total. The first-order chi connectivity index (χ1) is 12.2. The van der Waals surface area contributed by atoms with Crippen molar-refractivity contribution >= 4 is 33.4 Å². The van der Waals surface area contributed by atoms with E-state index in [9.17, 15) is 5.11 Å². The topological polar surface area (TPSA) is 60.2 Å². The first kappa shape index (κ1) is 16.0. The van der Waals surface area contributed by atoms with E-state index in [1.807, 2.05) is 47.1 Å². The van der Waals surface area contributed by atoms with Crippen molar-refractivity contribution in [3.05, 3.63) is 71.0 Å². The van der Waals surface area contributed by atoms with Gasteiger partial charge in [-0.25, -0.2) is 0 Å². The number of aliphatic hydroxyl groups is 1. The second kappa shape index (κ2) is 6.44. The minimum absolute atomic E-state index is 0.517. The Morgan fingerprint density at radius 2 is 2.04 bits per heavy atom. The maximum Gasteiger partial charge on any atom is 0.200 e. The van der Waals surface area contributed by atoms with Crippen LogP contribution in [0.4, 0.5) is 0 Å². The summed E-state index contributed by atoms with van der Waals surface area (Å²) in [6.07, 6.45) is 0.592. The third-order valence-electron chi connectivity index (χ3n) is 4.19. The molecular weight excluding hydrogens is 338 g/mol. The highest BCUT2D eigenvalue weighted by Gasteiger charge is 2.17. The van der Waals surface area contributed by atoms with Gasteiger partial charge in [0, 0.05) is 24.1 Å². The summed E-state index contributed by atoms with van der Waals surface area (Å²) < 4.78 is 6.90. The molecule has 2 aromatic carbocycles. The second-order valence-corrected chi connectivity index (χ2v) is 6.27. The van der Waals surface area contributed by atoms with E-state index >= 15 is 0 Å². The molecule has 0 aliphatic carbocycles. The monoisotopic (exact) mass is 353 g/mol. The lowest BCUT2D eigenvalue weighted by Crippen LogP contribution is -2.05. The Labute approximate surface area is 149 Å². The molecule has 25 heavy (non-hydrogen) atoms. The van der Waals surface area contributed by atoms with Gasteiger partial charge in [0.05, 0.1) is 22.6 Å². The zero-order valence-electron chi connectivity index (χ0n) is 13.6. The number of hydrogen-bond donors (Lipinski definition) is 1. The molecule has 0 radical (unpaired) electrons. The molecule has 0 saturated carbocycles. The van der Waals surface area contributed by atoms with Crippen LogP contribution in [0.1, 0.15) is 17.5 Å². The van der Waals surface area contributed by atoms with Crippen molar-refractivity contribution in [3.8, 4) is 0 Å². The molecule has 0 saturated heterocycles. The number of nitrogens with zero attached hydrogens (tertiary/aromatic N) is 3. The predicted molar refractivity (Wildman–Crippen MR) is 97.6 cm³/mol. The molecule has 1 unspecified atom stereocenters. The van der Waals surface area contributed by atoms with Gasteiger partial charge in [0.2, 0.25) is 6.29 Å². The van der Waals surface area contributed by atoms with Gasteiger partial charge >= 0.3 is 0 Å². The van der Waals surface area contributed by atoms with Crippen LogP contribution in [0.5, 0.6) is 0 Å². The first-order valence-electron chi connectivity index (χ1n) is 7.86. The van der Waals surface area contributed by atoms with Crippen LogP contribution >= 0.6 is 11.6 Å². The minimum Gasteiger partial charge on any atom is -0.363 e. The van der Waals surface area contributed by atoms with E-state index in [1.165, 1.54) is 7.11 Å². The highest BCUT2D eigenvalue weighted by Crippen LogP contribution is 2.25. The summed E-state index contributed by atoms with van der Waals surface area (Å²) in [7, 11) is 1.46. The van der Waals surface area contributed by atoms with Crippen LogP contribution in [0.15, 0.2) is 54.7 Å². The molecule has 1 atom stereocenters. The highest BCUT2D eigenvalue weighted by atomic mass is 35.5. The van der Waals surface area contributed by atoms with E-state index in [0.29, 0.717) is 17.3 Å². The fraction of sp³-hybridized carbons (Fsp3) is 0.158. The second-order valence-electron chi connectivity index (χ2n) is 5.83. The van der Waals surface area contributed by atoms with Crippen molar-refractivity contribution < 1.29 is 9.84 Å². The van der Waals surface area contributed by atoms with Gasteiger partial charge in [-0.3, -0.25) is 9.67 Å². The standard InChI is InChI=1S/C19H16ClN3O2/c1-25-19(24)18-15-4-2-3-5-17(15)23(22-18)11-12-6-7-16-13(8-12)9-14(20)10-21-16/h2-10,19,24H,11H2,1H3.